The van der Waals surface area contributed by atoms with Crippen molar-refractivity contribution in [2.75, 3.05) is 39.8 Å². The molecule has 0 saturated carbocycles. The minimum absolute atomic E-state index is 0.0245. The molecule has 0 aliphatic carbocycles. The average molecular weight is 292 g/mol. The number of hydrogen-bond acceptors (Lipinski definition) is 4. The van der Waals surface area contributed by atoms with E-state index >= 15 is 0 Å². The van der Waals surface area contributed by atoms with Crippen LogP contribution in [0.25, 0.3) is 0 Å². The monoisotopic (exact) mass is 292 g/mol. The Balaban J connectivity index is 2.69. The van der Waals surface area contributed by atoms with Gasteiger partial charge in [-0.25, -0.2) is 0 Å². The Labute approximate surface area is 117 Å². The molecule has 6 nitrogen and oxygen atoms in total. The first-order valence-corrected chi connectivity index (χ1v) is 8.21. The van der Waals surface area contributed by atoms with Crippen LogP contribution in [-0.2, 0) is 10.2 Å². The molecule has 1 rings (SSSR count). The van der Waals surface area contributed by atoms with Crippen molar-refractivity contribution in [3.05, 3.63) is 0 Å². The highest BCUT2D eigenvalue weighted by atomic mass is 32.2. The zero-order valence-corrected chi connectivity index (χ0v) is 13.6. The van der Waals surface area contributed by atoms with Gasteiger partial charge in [-0.1, -0.05) is 0 Å². The summed E-state index contributed by atoms with van der Waals surface area (Å²) in [6.45, 7) is 11.0. The van der Waals surface area contributed by atoms with Crippen LogP contribution in [-0.4, -0.2) is 73.3 Å². The van der Waals surface area contributed by atoms with Crippen LogP contribution in [0, 0.1) is 0 Å². The van der Waals surface area contributed by atoms with E-state index in [2.05, 4.69) is 18.7 Å². The molecule has 0 atom stereocenters. The van der Waals surface area contributed by atoms with Gasteiger partial charge >= 0.3 is 0 Å². The summed E-state index contributed by atoms with van der Waals surface area (Å²) in [6, 6.07) is -0.0245. The molecule has 0 aromatic rings. The van der Waals surface area contributed by atoms with E-state index in [9.17, 15) is 8.42 Å². The summed E-state index contributed by atoms with van der Waals surface area (Å²) in [5.41, 5.74) is 5.69. The molecule has 0 unspecified atom stereocenters. The van der Waals surface area contributed by atoms with Gasteiger partial charge in [0.25, 0.3) is 10.2 Å². The van der Waals surface area contributed by atoms with Gasteiger partial charge in [0, 0.05) is 51.4 Å². The molecular weight excluding hydrogens is 264 g/mol. The molecule has 1 aliphatic rings. The maximum atomic E-state index is 12.4. The van der Waals surface area contributed by atoms with E-state index in [1.807, 2.05) is 13.8 Å². The molecule has 1 saturated heterocycles. The standard InChI is InChI=1S/C12H28N4O2S/c1-11(2)14(5)19(17,18)16-8-6-15(7-9-16)12(3,4)10-13/h11H,6-10,13H2,1-5H3. The van der Waals surface area contributed by atoms with Crippen molar-refractivity contribution in [1.82, 2.24) is 13.5 Å². The first-order chi connectivity index (χ1) is 8.63. The Bertz CT molecular complexity index is 387. The Kier molecular flexibility index (Phi) is 5.36. The lowest BCUT2D eigenvalue weighted by Gasteiger charge is -2.43. The second-order valence-corrected chi connectivity index (χ2v) is 8.01. The lowest BCUT2D eigenvalue weighted by atomic mass is 10.0. The first kappa shape index (κ1) is 16.8. The Hall–Kier alpha value is -0.210. The summed E-state index contributed by atoms with van der Waals surface area (Å²) < 4.78 is 27.7. The van der Waals surface area contributed by atoms with E-state index in [1.165, 1.54) is 4.31 Å². The molecule has 114 valence electrons. The molecule has 19 heavy (non-hydrogen) atoms. The Morgan fingerprint density at radius 2 is 1.68 bits per heavy atom. The molecule has 1 fully saturated rings. The van der Waals surface area contributed by atoms with Crippen molar-refractivity contribution < 1.29 is 8.42 Å². The molecule has 0 aromatic heterocycles. The fraction of sp³-hybridized carbons (Fsp3) is 1.00. The van der Waals surface area contributed by atoms with Crippen LogP contribution in [0.5, 0.6) is 0 Å². The van der Waals surface area contributed by atoms with E-state index in [0.717, 1.165) is 13.1 Å². The molecule has 1 heterocycles. The molecule has 0 radical (unpaired) electrons. The second kappa shape index (κ2) is 6.05. The van der Waals surface area contributed by atoms with Crippen LogP contribution < -0.4 is 5.73 Å². The van der Waals surface area contributed by atoms with Crippen molar-refractivity contribution >= 4 is 10.2 Å². The van der Waals surface area contributed by atoms with E-state index in [1.54, 1.807) is 11.4 Å². The average Bonchev–Trinajstić information content (AvgIpc) is 2.37. The fourth-order valence-corrected chi connectivity index (χ4v) is 3.62. The maximum Gasteiger partial charge on any atom is 0.282 e. The molecule has 1 aliphatic heterocycles. The van der Waals surface area contributed by atoms with E-state index in [-0.39, 0.29) is 11.6 Å². The number of hydrogen-bond donors (Lipinski definition) is 1. The molecule has 2 N–H and O–H groups in total. The summed E-state index contributed by atoms with van der Waals surface area (Å²) >= 11 is 0. The molecule has 0 aromatic carbocycles. The van der Waals surface area contributed by atoms with Gasteiger partial charge in [-0.15, -0.1) is 0 Å². The summed E-state index contributed by atoms with van der Waals surface area (Å²) in [5, 5.41) is 0. The summed E-state index contributed by atoms with van der Waals surface area (Å²) in [4.78, 5) is 2.26. The third-order valence-corrected chi connectivity index (χ3v) is 6.18. The van der Waals surface area contributed by atoms with Gasteiger partial charge in [-0.3, -0.25) is 4.90 Å². The van der Waals surface area contributed by atoms with Gasteiger partial charge < -0.3 is 5.73 Å². The van der Waals surface area contributed by atoms with Crippen LogP contribution in [0.1, 0.15) is 27.7 Å². The number of piperazine rings is 1. The second-order valence-electron chi connectivity index (χ2n) is 6.02. The third kappa shape index (κ3) is 3.66. The largest absolute Gasteiger partial charge is 0.329 e. The van der Waals surface area contributed by atoms with Crippen LogP contribution >= 0.6 is 0 Å². The maximum absolute atomic E-state index is 12.4. The summed E-state index contributed by atoms with van der Waals surface area (Å²) in [7, 11) is -1.69. The first-order valence-electron chi connectivity index (χ1n) is 6.81. The zero-order valence-electron chi connectivity index (χ0n) is 12.8. The minimum atomic E-state index is -3.33. The van der Waals surface area contributed by atoms with E-state index in [4.69, 9.17) is 5.73 Å². The van der Waals surface area contributed by atoms with E-state index in [0.29, 0.717) is 19.6 Å². The minimum Gasteiger partial charge on any atom is -0.329 e. The molecular formula is C12H28N4O2S. The number of nitrogens with two attached hydrogens (primary N) is 1. The quantitative estimate of drug-likeness (QED) is 0.770. The van der Waals surface area contributed by atoms with Gasteiger partial charge in [0.05, 0.1) is 0 Å². The highest BCUT2D eigenvalue weighted by Crippen LogP contribution is 2.18. The summed E-state index contributed by atoms with van der Waals surface area (Å²) in [6.07, 6.45) is 0. The van der Waals surface area contributed by atoms with Gasteiger partial charge in [0.15, 0.2) is 0 Å². The Morgan fingerprint density at radius 3 is 2.05 bits per heavy atom. The lowest BCUT2D eigenvalue weighted by Crippen LogP contribution is -2.59. The number of rotatable bonds is 5. The fourth-order valence-electron chi connectivity index (χ4n) is 2.10. The van der Waals surface area contributed by atoms with Crippen molar-refractivity contribution in [3.8, 4) is 0 Å². The third-order valence-electron chi connectivity index (χ3n) is 4.01. The predicted molar refractivity (Wildman–Crippen MR) is 78.1 cm³/mol. The van der Waals surface area contributed by atoms with Crippen LogP contribution in [0.3, 0.4) is 0 Å². The molecule has 0 spiro atoms. The lowest BCUT2D eigenvalue weighted by molar-refractivity contribution is 0.0827. The topological polar surface area (TPSA) is 69.9 Å². The van der Waals surface area contributed by atoms with Crippen molar-refractivity contribution in [2.45, 2.75) is 39.3 Å². The van der Waals surface area contributed by atoms with E-state index < -0.39 is 10.2 Å². The predicted octanol–water partition coefficient (Wildman–Crippen LogP) is -0.0737. The number of nitrogens with zero attached hydrogens (tertiary/aromatic N) is 3. The van der Waals surface area contributed by atoms with Crippen LogP contribution in [0.4, 0.5) is 0 Å². The highest BCUT2D eigenvalue weighted by Gasteiger charge is 2.35. The Morgan fingerprint density at radius 1 is 1.21 bits per heavy atom. The van der Waals surface area contributed by atoms with Gasteiger partial charge in [-0.2, -0.15) is 17.0 Å². The zero-order chi connectivity index (χ0) is 14.8. The normalized spacial score (nSPS) is 20.4. The van der Waals surface area contributed by atoms with Crippen molar-refractivity contribution in [2.24, 2.45) is 5.73 Å². The van der Waals surface area contributed by atoms with Gasteiger partial charge in [-0.05, 0) is 27.7 Å². The van der Waals surface area contributed by atoms with Crippen molar-refractivity contribution in [3.63, 3.8) is 0 Å². The van der Waals surface area contributed by atoms with Crippen LogP contribution in [0.2, 0.25) is 0 Å². The van der Waals surface area contributed by atoms with Crippen LogP contribution in [0.15, 0.2) is 0 Å². The van der Waals surface area contributed by atoms with Gasteiger partial charge in [0.1, 0.15) is 0 Å². The smallest absolute Gasteiger partial charge is 0.282 e. The highest BCUT2D eigenvalue weighted by molar-refractivity contribution is 7.86. The summed E-state index contributed by atoms with van der Waals surface area (Å²) in [5.74, 6) is 0. The molecule has 7 heteroatoms. The van der Waals surface area contributed by atoms with Gasteiger partial charge in [0.2, 0.25) is 0 Å². The SMILES string of the molecule is CC(C)N(C)S(=O)(=O)N1CCN(C(C)(C)CN)CC1. The van der Waals surface area contributed by atoms with Crippen molar-refractivity contribution in [1.29, 1.82) is 0 Å². The molecule has 0 amide bonds. The molecule has 0 bridgehead atoms.